The number of nitrogens with one attached hydrogen (secondary N) is 2. The van der Waals surface area contributed by atoms with Crippen molar-refractivity contribution < 1.29 is 9.53 Å². The summed E-state index contributed by atoms with van der Waals surface area (Å²) in [5.41, 5.74) is 2.10. The lowest BCUT2D eigenvalue weighted by molar-refractivity contribution is 0.165. The van der Waals surface area contributed by atoms with E-state index in [2.05, 4.69) is 29.0 Å². The summed E-state index contributed by atoms with van der Waals surface area (Å²) in [6.45, 7) is 2.54. The second kappa shape index (κ2) is 9.66. The molecule has 0 aromatic heterocycles. The number of carbonyl (C=O) groups is 1. The first-order valence-electron chi connectivity index (χ1n) is 6.84. The number of carbonyl (C=O) groups excluding carboxylic acids is 1. The Morgan fingerprint density at radius 2 is 2.05 bits per heavy atom. The predicted octanol–water partition coefficient (Wildman–Crippen LogP) is 3.14. The van der Waals surface area contributed by atoms with Gasteiger partial charge < -0.3 is 15.4 Å². The fourth-order valence-corrected chi connectivity index (χ4v) is 2.23. The van der Waals surface area contributed by atoms with Crippen molar-refractivity contribution in [1.82, 2.24) is 5.32 Å². The summed E-state index contributed by atoms with van der Waals surface area (Å²) in [7, 11) is 1.63. The molecule has 1 rings (SSSR count). The molecule has 20 heavy (non-hydrogen) atoms. The Labute approximate surface area is 125 Å². The zero-order valence-electron chi connectivity index (χ0n) is 12.4. The first-order chi connectivity index (χ1) is 9.69. The molecular weight excluding hydrogens is 272 g/mol. The quantitative estimate of drug-likeness (QED) is 0.775. The molecule has 1 atom stereocenters. The molecule has 1 aromatic carbocycles. The number of hydrogen-bond acceptors (Lipinski definition) is 3. The van der Waals surface area contributed by atoms with Crippen LogP contribution in [0, 0.1) is 0 Å². The third kappa shape index (κ3) is 6.30. The Bertz CT molecular complexity index is 395. The number of methoxy groups -OCH3 is 1. The average molecular weight is 296 g/mol. The van der Waals surface area contributed by atoms with Crippen molar-refractivity contribution in [3.05, 3.63) is 29.8 Å². The summed E-state index contributed by atoms with van der Waals surface area (Å²) in [6.07, 6.45) is 4.00. The van der Waals surface area contributed by atoms with E-state index in [-0.39, 0.29) is 12.1 Å². The number of benzene rings is 1. The van der Waals surface area contributed by atoms with E-state index in [4.69, 9.17) is 4.74 Å². The highest BCUT2D eigenvalue weighted by Gasteiger charge is 2.09. The maximum absolute atomic E-state index is 11.8. The lowest BCUT2D eigenvalue weighted by atomic mass is 10.1. The highest BCUT2D eigenvalue weighted by atomic mass is 32.2. The van der Waals surface area contributed by atoms with Crippen LogP contribution in [-0.4, -0.2) is 37.8 Å². The van der Waals surface area contributed by atoms with Crippen LogP contribution in [0.5, 0.6) is 0 Å². The first kappa shape index (κ1) is 16.9. The molecule has 0 aliphatic rings. The molecule has 1 aromatic rings. The molecule has 0 aliphatic carbocycles. The number of thioether (sulfide) groups is 1. The van der Waals surface area contributed by atoms with Gasteiger partial charge in [0.15, 0.2) is 0 Å². The largest absolute Gasteiger partial charge is 0.383 e. The summed E-state index contributed by atoms with van der Waals surface area (Å²) >= 11 is 1.83. The van der Waals surface area contributed by atoms with Crippen molar-refractivity contribution in [2.24, 2.45) is 0 Å². The standard InChI is InChI=1S/C15H24N2O2S/c1-4-13(11-19-2)16-15(18)17-14-7-5-12(6-8-14)9-10-20-3/h5-8,13H,4,9-11H2,1-3H3,(H2,16,17,18)/t13-/m1/s1. The van der Waals surface area contributed by atoms with Crippen molar-refractivity contribution in [3.63, 3.8) is 0 Å². The summed E-state index contributed by atoms with van der Waals surface area (Å²) in [5, 5.41) is 5.72. The van der Waals surface area contributed by atoms with Crippen molar-refractivity contribution in [2.45, 2.75) is 25.8 Å². The van der Waals surface area contributed by atoms with Crippen molar-refractivity contribution in [1.29, 1.82) is 0 Å². The molecular formula is C15H24N2O2S. The van der Waals surface area contributed by atoms with Crippen LogP contribution in [0.25, 0.3) is 0 Å². The SMILES string of the molecule is CC[C@H](COC)NC(=O)Nc1ccc(CCSC)cc1. The Hall–Kier alpha value is -1.20. The molecule has 0 saturated heterocycles. The van der Waals surface area contributed by atoms with E-state index in [0.29, 0.717) is 6.61 Å². The maximum atomic E-state index is 11.8. The summed E-state index contributed by atoms with van der Waals surface area (Å²) in [5.74, 6) is 1.11. The van der Waals surface area contributed by atoms with Crippen molar-refractivity contribution in [3.8, 4) is 0 Å². The van der Waals surface area contributed by atoms with E-state index >= 15 is 0 Å². The van der Waals surface area contributed by atoms with Gasteiger partial charge in [-0.3, -0.25) is 0 Å². The van der Waals surface area contributed by atoms with Crippen molar-refractivity contribution >= 4 is 23.5 Å². The molecule has 0 radical (unpaired) electrons. The van der Waals surface area contributed by atoms with E-state index < -0.39 is 0 Å². The smallest absolute Gasteiger partial charge is 0.319 e. The summed E-state index contributed by atoms with van der Waals surface area (Å²) in [4.78, 5) is 11.8. The Morgan fingerprint density at radius 3 is 2.60 bits per heavy atom. The predicted molar refractivity (Wildman–Crippen MR) is 86.6 cm³/mol. The highest BCUT2D eigenvalue weighted by Crippen LogP contribution is 2.11. The van der Waals surface area contributed by atoms with E-state index in [0.717, 1.165) is 24.3 Å². The monoisotopic (exact) mass is 296 g/mol. The second-order valence-electron chi connectivity index (χ2n) is 4.60. The molecule has 0 spiro atoms. The molecule has 0 bridgehead atoms. The van der Waals surface area contributed by atoms with Crippen LogP contribution in [0.4, 0.5) is 10.5 Å². The van der Waals surface area contributed by atoms with Gasteiger partial charge in [-0.15, -0.1) is 0 Å². The first-order valence-corrected chi connectivity index (χ1v) is 8.23. The van der Waals surface area contributed by atoms with Crippen LogP contribution in [-0.2, 0) is 11.2 Å². The third-order valence-corrected chi connectivity index (χ3v) is 3.61. The Morgan fingerprint density at radius 1 is 1.35 bits per heavy atom. The molecule has 0 unspecified atom stereocenters. The lowest BCUT2D eigenvalue weighted by Gasteiger charge is -2.16. The van der Waals surface area contributed by atoms with Crippen molar-refractivity contribution in [2.75, 3.05) is 31.0 Å². The lowest BCUT2D eigenvalue weighted by Crippen LogP contribution is -2.40. The molecule has 0 aliphatic heterocycles. The summed E-state index contributed by atoms with van der Waals surface area (Å²) in [6, 6.07) is 7.84. The van der Waals surface area contributed by atoms with Gasteiger partial charge in [0.05, 0.1) is 12.6 Å². The van der Waals surface area contributed by atoms with Gasteiger partial charge in [-0.1, -0.05) is 19.1 Å². The molecule has 0 fully saturated rings. The van der Waals surface area contributed by atoms with Gasteiger partial charge in [0, 0.05) is 12.8 Å². The van der Waals surface area contributed by atoms with Gasteiger partial charge in [-0.25, -0.2) is 4.79 Å². The minimum absolute atomic E-state index is 0.0425. The minimum Gasteiger partial charge on any atom is -0.383 e. The fourth-order valence-electron chi connectivity index (χ4n) is 1.79. The zero-order valence-corrected chi connectivity index (χ0v) is 13.3. The average Bonchev–Trinajstić information content (AvgIpc) is 2.46. The van der Waals surface area contributed by atoms with Crippen LogP contribution in [0.3, 0.4) is 0 Å². The molecule has 0 saturated carbocycles. The maximum Gasteiger partial charge on any atom is 0.319 e. The van der Waals surface area contributed by atoms with Crippen LogP contribution in [0.2, 0.25) is 0 Å². The normalized spacial score (nSPS) is 11.9. The molecule has 2 N–H and O–H groups in total. The number of amides is 2. The van der Waals surface area contributed by atoms with Crippen LogP contribution >= 0.6 is 11.8 Å². The number of rotatable bonds is 8. The third-order valence-electron chi connectivity index (χ3n) is 3.00. The van der Waals surface area contributed by atoms with Gasteiger partial charge in [0.2, 0.25) is 0 Å². The molecule has 4 nitrogen and oxygen atoms in total. The molecule has 0 heterocycles. The molecule has 2 amide bonds. The topological polar surface area (TPSA) is 50.4 Å². The number of urea groups is 1. The Kier molecular flexibility index (Phi) is 8.14. The highest BCUT2D eigenvalue weighted by molar-refractivity contribution is 7.98. The van der Waals surface area contributed by atoms with Crippen LogP contribution < -0.4 is 10.6 Å². The summed E-state index contributed by atoms with van der Waals surface area (Å²) < 4.78 is 5.05. The van der Waals surface area contributed by atoms with Gasteiger partial charge in [0.1, 0.15) is 0 Å². The van der Waals surface area contributed by atoms with Gasteiger partial charge >= 0.3 is 6.03 Å². The van der Waals surface area contributed by atoms with E-state index in [1.807, 2.05) is 30.8 Å². The van der Waals surface area contributed by atoms with Gasteiger partial charge in [-0.2, -0.15) is 11.8 Å². The Balaban J connectivity index is 2.45. The second-order valence-corrected chi connectivity index (χ2v) is 5.58. The van der Waals surface area contributed by atoms with Gasteiger partial charge in [-0.05, 0) is 42.5 Å². The number of anilines is 1. The molecule has 112 valence electrons. The minimum atomic E-state index is -0.189. The zero-order chi connectivity index (χ0) is 14.8. The van der Waals surface area contributed by atoms with E-state index in [9.17, 15) is 4.79 Å². The van der Waals surface area contributed by atoms with Crippen LogP contribution in [0.15, 0.2) is 24.3 Å². The van der Waals surface area contributed by atoms with Crippen LogP contribution in [0.1, 0.15) is 18.9 Å². The van der Waals surface area contributed by atoms with E-state index in [1.54, 1.807) is 7.11 Å². The van der Waals surface area contributed by atoms with Gasteiger partial charge in [0.25, 0.3) is 0 Å². The fraction of sp³-hybridized carbons (Fsp3) is 0.533. The molecule has 5 heteroatoms. The number of hydrogen-bond donors (Lipinski definition) is 2. The number of aryl methyl sites for hydroxylation is 1. The van der Waals surface area contributed by atoms with E-state index in [1.165, 1.54) is 5.56 Å². The number of ether oxygens (including phenoxy) is 1.